The Morgan fingerprint density at radius 2 is 1.71 bits per heavy atom. The van der Waals surface area contributed by atoms with E-state index in [-0.39, 0.29) is 0 Å². The van der Waals surface area contributed by atoms with Crippen LogP contribution in [0, 0.1) is 11.8 Å². The molecule has 3 atom stereocenters. The highest BCUT2D eigenvalue weighted by molar-refractivity contribution is 6.69. The van der Waals surface area contributed by atoms with Gasteiger partial charge in [0.05, 0.1) is 0 Å². The Kier molecular flexibility index (Phi) is 4.20. The zero-order valence-electron chi connectivity index (χ0n) is 10.5. The summed E-state index contributed by atoms with van der Waals surface area (Å²) in [6, 6.07) is 0. The lowest BCUT2D eigenvalue weighted by Crippen LogP contribution is -2.33. The minimum absolute atomic E-state index is 0.580. The first-order valence-corrected chi connectivity index (χ1v) is 9.55. The largest absolute Gasteiger partial charge is 0.414 e. The van der Waals surface area contributed by atoms with Crippen molar-refractivity contribution in [2.24, 2.45) is 11.8 Å². The molecule has 3 unspecified atom stereocenters. The summed E-state index contributed by atoms with van der Waals surface area (Å²) in [5.74, 6) is 1.77. The molecule has 1 saturated carbocycles. The molecule has 0 radical (unpaired) electrons. The summed E-state index contributed by atoms with van der Waals surface area (Å²) in [4.78, 5) is 0. The van der Waals surface area contributed by atoms with Crippen molar-refractivity contribution >= 4 is 8.32 Å². The summed E-state index contributed by atoms with van der Waals surface area (Å²) in [6.45, 7) is 11.5. The van der Waals surface area contributed by atoms with Crippen LogP contribution in [0.3, 0.4) is 0 Å². The molecule has 0 aromatic carbocycles. The maximum Gasteiger partial charge on any atom is 0.184 e. The lowest BCUT2D eigenvalue weighted by Gasteiger charge is -2.27. The van der Waals surface area contributed by atoms with Crippen molar-refractivity contribution in [1.29, 1.82) is 0 Å². The summed E-state index contributed by atoms with van der Waals surface area (Å²) >= 11 is 0. The van der Waals surface area contributed by atoms with Crippen LogP contribution in [-0.2, 0) is 4.43 Å². The van der Waals surface area contributed by atoms with Crippen LogP contribution in [0.15, 0.2) is 0 Å². The molecule has 84 valence electrons. The molecular formula is C12H26OSi. The molecule has 0 amide bonds. The third-order valence-corrected chi connectivity index (χ3v) is 4.34. The van der Waals surface area contributed by atoms with E-state index in [4.69, 9.17) is 4.43 Å². The quantitative estimate of drug-likeness (QED) is 0.641. The van der Waals surface area contributed by atoms with Gasteiger partial charge in [0.25, 0.3) is 0 Å². The number of hydrogen-bond donors (Lipinski definition) is 0. The van der Waals surface area contributed by atoms with Gasteiger partial charge in [0.1, 0.15) is 0 Å². The molecule has 0 N–H and O–H groups in total. The predicted octanol–water partition coefficient (Wildman–Crippen LogP) is 4.05. The van der Waals surface area contributed by atoms with Crippen molar-refractivity contribution in [3.05, 3.63) is 0 Å². The lowest BCUT2D eigenvalue weighted by molar-refractivity contribution is 0.147. The average molecular weight is 214 g/mol. The van der Waals surface area contributed by atoms with Crippen LogP contribution < -0.4 is 0 Å². The highest BCUT2D eigenvalue weighted by Crippen LogP contribution is 2.38. The standard InChI is InChI=1S/C12H26OSi/c1-6-10-8-11(7-2)12(9-10)13-14(3,4)5/h10-12H,6-9H2,1-5H3. The normalized spacial score (nSPS) is 33.6. The highest BCUT2D eigenvalue weighted by Gasteiger charge is 2.35. The summed E-state index contributed by atoms with van der Waals surface area (Å²) in [5.41, 5.74) is 0. The summed E-state index contributed by atoms with van der Waals surface area (Å²) in [5, 5.41) is 0. The Morgan fingerprint density at radius 3 is 2.14 bits per heavy atom. The molecule has 0 bridgehead atoms. The summed E-state index contributed by atoms with van der Waals surface area (Å²) in [7, 11) is -1.32. The molecule has 0 heterocycles. The van der Waals surface area contributed by atoms with E-state index < -0.39 is 8.32 Å². The minimum atomic E-state index is -1.32. The molecule has 0 spiro atoms. The molecular weight excluding hydrogens is 188 g/mol. The third-order valence-electron chi connectivity index (χ3n) is 3.33. The Balaban J connectivity index is 2.51. The first-order valence-electron chi connectivity index (χ1n) is 6.14. The van der Waals surface area contributed by atoms with Gasteiger partial charge in [-0.05, 0) is 44.3 Å². The van der Waals surface area contributed by atoms with Gasteiger partial charge >= 0.3 is 0 Å². The van der Waals surface area contributed by atoms with Crippen LogP contribution >= 0.6 is 0 Å². The van der Waals surface area contributed by atoms with E-state index in [1.165, 1.54) is 25.7 Å². The molecule has 1 fully saturated rings. The van der Waals surface area contributed by atoms with Gasteiger partial charge < -0.3 is 4.43 Å². The highest BCUT2D eigenvalue weighted by atomic mass is 28.4. The van der Waals surface area contributed by atoms with Gasteiger partial charge in [-0.25, -0.2) is 0 Å². The topological polar surface area (TPSA) is 9.23 Å². The molecule has 0 aromatic heterocycles. The van der Waals surface area contributed by atoms with Crippen LogP contribution in [0.2, 0.25) is 19.6 Å². The van der Waals surface area contributed by atoms with Crippen molar-refractivity contribution in [2.45, 2.75) is 65.3 Å². The molecule has 1 aliphatic rings. The second-order valence-electron chi connectivity index (χ2n) is 5.68. The van der Waals surface area contributed by atoms with Crippen molar-refractivity contribution in [1.82, 2.24) is 0 Å². The van der Waals surface area contributed by atoms with Crippen LogP contribution in [0.1, 0.15) is 39.5 Å². The zero-order chi connectivity index (χ0) is 10.8. The van der Waals surface area contributed by atoms with Gasteiger partial charge in [-0.2, -0.15) is 0 Å². The van der Waals surface area contributed by atoms with Gasteiger partial charge in [-0.1, -0.05) is 26.7 Å². The van der Waals surface area contributed by atoms with Crippen LogP contribution in [-0.4, -0.2) is 14.4 Å². The summed E-state index contributed by atoms with van der Waals surface area (Å²) < 4.78 is 6.27. The Morgan fingerprint density at radius 1 is 1.07 bits per heavy atom. The SMILES string of the molecule is CCC1CC(CC)C(O[Si](C)(C)C)C1. The molecule has 0 aromatic rings. The van der Waals surface area contributed by atoms with E-state index in [0.29, 0.717) is 6.10 Å². The van der Waals surface area contributed by atoms with E-state index in [1.807, 2.05) is 0 Å². The number of hydrogen-bond acceptors (Lipinski definition) is 1. The zero-order valence-corrected chi connectivity index (χ0v) is 11.5. The van der Waals surface area contributed by atoms with E-state index in [0.717, 1.165) is 11.8 Å². The van der Waals surface area contributed by atoms with E-state index in [2.05, 4.69) is 33.5 Å². The van der Waals surface area contributed by atoms with Crippen LogP contribution in [0.25, 0.3) is 0 Å². The lowest BCUT2D eigenvalue weighted by atomic mass is 10.0. The van der Waals surface area contributed by atoms with Crippen molar-refractivity contribution < 1.29 is 4.43 Å². The fourth-order valence-corrected chi connectivity index (χ4v) is 3.76. The first-order chi connectivity index (χ1) is 6.46. The predicted molar refractivity (Wildman–Crippen MR) is 65.0 cm³/mol. The van der Waals surface area contributed by atoms with E-state index in [9.17, 15) is 0 Å². The fourth-order valence-electron chi connectivity index (χ4n) is 2.56. The van der Waals surface area contributed by atoms with Gasteiger partial charge in [0, 0.05) is 6.10 Å². The second kappa shape index (κ2) is 4.80. The third kappa shape index (κ3) is 3.39. The molecule has 14 heavy (non-hydrogen) atoms. The monoisotopic (exact) mass is 214 g/mol. The maximum atomic E-state index is 6.27. The van der Waals surface area contributed by atoms with E-state index >= 15 is 0 Å². The van der Waals surface area contributed by atoms with E-state index in [1.54, 1.807) is 0 Å². The molecule has 2 heteroatoms. The second-order valence-corrected chi connectivity index (χ2v) is 10.1. The fraction of sp³-hybridized carbons (Fsp3) is 1.00. The Hall–Kier alpha value is 0.177. The van der Waals surface area contributed by atoms with Crippen molar-refractivity contribution in [3.8, 4) is 0 Å². The summed E-state index contributed by atoms with van der Waals surface area (Å²) in [6.07, 6.45) is 5.94. The van der Waals surface area contributed by atoms with Crippen LogP contribution in [0.4, 0.5) is 0 Å². The average Bonchev–Trinajstić information content (AvgIpc) is 2.44. The van der Waals surface area contributed by atoms with Crippen molar-refractivity contribution in [3.63, 3.8) is 0 Å². The Labute approximate surface area is 90.4 Å². The Bertz CT molecular complexity index is 174. The molecule has 1 aliphatic carbocycles. The van der Waals surface area contributed by atoms with Gasteiger partial charge in [0.2, 0.25) is 0 Å². The molecule has 1 nitrogen and oxygen atoms in total. The molecule has 0 aliphatic heterocycles. The van der Waals surface area contributed by atoms with Crippen LogP contribution in [0.5, 0.6) is 0 Å². The van der Waals surface area contributed by atoms with Gasteiger partial charge in [-0.3, -0.25) is 0 Å². The first kappa shape index (κ1) is 12.2. The minimum Gasteiger partial charge on any atom is -0.414 e. The van der Waals surface area contributed by atoms with Crippen molar-refractivity contribution in [2.75, 3.05) is 0 Å². The van der Waals surface area contributed by atoms with Gasteiger partial charge in [0.15, 0.2) is 8.32 Å². The molecule has 1 rings (SSSR count). The maximum absolute atomic E-state index is 6.27. The molecule has 0 saturated heterocycles. The van der Waals surface area contributed by atoms with Gasteiger partial charge in [-0.15, -0.1) is 0 Å². The number of rotatable bonds is 4. The smallest absolute Gasteiger partial charge is 0.184 e.